The van der Waals surface area contributed by atoms with Gasteiger partial charge in [0.15, 0.2) is 0 Å². The lowest BCUT2D eigenvalue weighted by atomic mass is 10.0. The van der Waals surface area contributed by atoms with Crippen LogP contribution in [0.3, 0.4) is 0 Å². The molecule has 1 aliphatic rings. The van der Waals surface area contributed by atoms with Gasteiger partial charge in [0.25, 0.3) is 0 Å². The highest BCUT2D eigenvalue weighted by molar-refractivity contribution is 4.76. The minimum Gasteiger partial charge on any atom is -0.316 e. The summed E-state index contributed by atoms with van der Waals surface area (Å²) in [5.41, 5.74) is 0. The number of rotatable bonds is 4. The fourth-order valence-corrected chi connectivity index (χ4v) is 1.95. The van der Waals surface area contributed by atoms with Crippen LogP contribution in [0.4, 0.5) is 0 Å². The van der Waals surface area contributed by atoms with Crippen molar-refractivity contribution < 1.29 is 0 Å². The average molecular weight is 184 g/mol. The Morgan fingerprint density at radius 1 is 1.38 bits per heavy atom. The van der Waals surface area contributed by atoms with Crippen molar-refractivity contribution in [1.82, 2.24) is 10.2 Å². The van der Waals surface area contributed by atoms with E-state index in [-0.39, 0.29) is 0 Å². The maximum atomic E-state index is 3.42. The van der Waals surface area contributed by atoms with E-state index in [1.165, 1.54) is 26.1 Å². The molecule has 2 nitrogen and oxygen atoms in total. The summed E-state index contributed by atoms with van der Waals surface area (Å²) in [5.74, 6) is 1.64. The molecule has 1 fully saturated rings. The van der Waals surface area contributed by atoms with E-state index in [0.29, 0.717) is 6.04 Å². The molecule has 0 aromatic heterocycles. The van der Waals surface area contributed by atoms with E-state index in [0.717, 1.165) is 11.8 Å². The number of hydrogen-bond acceptors (Lipinski definition) is 2. The summed E-state index contributed by atoms with van der Waals surface area (Å²) in [4.78, 5) is 2.50. The molecule has 13 heavy (non-hydrogen) atoms. The van der Waals surface area contributed by atoms with Crippen molar-refractivity contribution >= 4 is 0 Å². The van der Waals surface area contributed by atoms with Crippen LogP contribution in [-0.4, -0.2) is 37.6 Å². The van der Waals surface area contributed by atoms with Gasteiger partial charge in [-0.05, 0) is 45.3 Å². The van der Waals surface area contributed by atoms with Crippen LogP contribution in [0.1, 0.15) is 27.2 Å². The summed E-state index contributed by atoms with van der Waals surface area (Å²) in [6.07, 6.45) is 1.36. The first-order chi connectivity index (χ1) is 6.11. The second-order valence-corrected chi connectivity index (χ2v) is 4.78. The Morgan fingerprint density at radius 3 is 2.54 bits per heavy atom. The number of hydrogen-bond donors (Lipinski definition) is 1. The highest BCUT2D eigenvalue weighted by Gasteiger charge is 2.20. The Balaban J connectivity index is 2.26. The molecule has 0 spiro atoms. The summed E-state index contributed by atoms with van der Waals surface area (Å²) < 4.78 is 0. The Hall–Kier alpha value is -0.0800. The molecule has 1 rings (SSSR count). The van der Waals surface area contributed by atoms with E-state index in [4.69, 9.17) is 0 Å². The van der Waals surface area contributed by atoms with E-state index in [2.05, 4.69) is 38.0 Å². The van der Waals surface area contributed by atoms with Gasteiger partial charge in [0, 0.05) is 12.6 Å². The van der Waals surface area contributed by atoms with Crippen LogP contribution in [-0.2, 0) is 0 Å². The molecule has 0 aliphatic carbocycles. The van der Waals surface area contributed by atoms with Gasteiger partial charge in [-0.2, -0.15) is 0 Å². The first kappa shape index (κ1) is 11.0. The van der Waals surface area contributed by atoms with Crippen LogP contribution < -0.4 is 5.32 Å². The van der Waals surface area contributed by atoms with E-state index >= 15 is 0 Å². The van der Waals surface area contributed by atoms with Crippen molar-refractivity contribution in [3.8, 4) is 0 Å². The predicted molar refractivity (Wildman–Crippen MR) is 57.9 cm³/mol. The number of nitrogens with one attached hydrogen (secondary N) is 1. The molecular weight excluding hydrogens is 160 g/mol. The number of nitrogens with zero attached hydrogens (tertiary/aromatic N) is 1. The van der Waals surface area contributed by atoms with Gasteiger partial charge in [-0.1, -0.05) is 13.8 Å². The molecule has 0 aromatic rings. The highest BCUT2D eigenvalue weighted by Crippen LogP contribution is 2.14. The Labute approximate surface area is 82.7 Å². The third-order valence-electron chi connectivity index (χ3n) is 3.37. The van der Waals surface area contributed by atoms with Crippen molar-refractivity contribution in [2.24, 2.45) is 11.8 Å². The van der Waals surface area contributed by atoms with Crippen LogP contribution in [0.2, 0.25) is 0 Å². The summed E-state index contributed by atoms with van der Waals surface area (Å²) in [7, 11) is 2.25. The third kappa shape index (κ3) is 3.28. The molecule has 0 amide bonds. The fraction of sp³-hybridized carbons (Fsp3) is 1.00. The molecule has 2 heteroatoms. The molecular formula is C11H24N2. The Morgan fingerprint density at radius 2 is 2.08 bits per heavy atom. The van der Waals surface area contributed by atoms with Crippen molar-refractivity contribution in [3.63, 3.8) is 0 Å². The third-order valence-corrected chi connectivity index (χ3v) is 3.37. The van der Waals surface area contributed by atoms with Gasteiger partial charge < -0.3 is 10.2 Å². The van der Waals surface area contributed by atoms with E-state index in [1.807, 2.05) is 0 Å². The Bertz CT molecular complexity index is 139. The quantitative estimate of drug-likeness (QED) is 0.713. The van der Waals surface area contributed by atoms with Crippen LogP contribution in [0.25, 0.3) is 0 Å². The van der Waals surface area contributed by atoms with Gasteiger partial charge in [0.1, 0.15) is 0 Å². The molecule has 1 aliphatic heterocycles. The van der Waals surface area contributed by atoms with Crippen molar-refractivity contribution in [1.29, 1.82) is 0 Å². The van der Waals surface area contributed by atoms with Crippen LogP contribution in [0.15, 0.2) is 0 Å². The summed E-state index contributed by atoms with van der Waals surface area (Å²) in [6, 6.07) is 0.709. The zero-order valence-electron chi connectivity index (χ0n) is 9.51. The monoisotopic (exact) mass is 184 g/mol. The largest absolute Gasteiger partial charge is 0.316 e. The molecule has 78 valence electrons. The smallest absolute Gasteiger partial charge is 0.00870 e. The first-order valence-corrected chi connectivity index (χ1v) is 5.52. The van der Waals surface area contributed by atoms with Gasteiger partial charge in [-0.3, -0.25) is 0 Å². The fourth-order valence-electron chi connectivity index (χ4n) is 1.95. The van der Waals surface area contributed by atoms with E-state index in [9.17, 15) is 0 Å². The maximum absolute atomic E-state index is 3.42. The Kier molecular flexibility index (Phi) is 4.20. The summed E-state index contributed by atoms with van der Waals surface area (Å²) >= 11 is 0. The molecule has 2 atom stereocenters. The average Bonchev–Trinajstić information content (AvgIpc) is 2.55. The summed E-state index contributed by atoms with van der Waals surface area (Å²) in [6.45, 7) is 10.6. The standard InChI is InChI=1S/C11H24N2/c1-9(2)10(3)13(4)8-11-5-6-12-7-11/h9-12H,5-8H2,1-4H3. The van der Waals surface area contributed by atoms with Crippen molar-refractivity contribution in [3.05, 3.63) is 0 Å². The topological polar surface area (TPSA) is 15.3 Å². The normalized spacial score (nSPS) is 25.8. The molecule has 2 unspecified atom stereocenters. The lowest BCUT2D eigenvalue weighted by molar-refractivity contribution is 0.183. The first-order valence-electron chi connectivity index (χ1n) is 5.52. The molecule has 0 saturated carbocycles. The minimum absolute atomic E-state index is 0.709. The SMILES string of the molecule is CC(C)C(C)N(C)CC1CCNC1. The molecule has 0 radical (unpaired) electrons. The maximum Gasteiger partial charge on any atom is 0.00870 e. The lowest BCUT2D eigenvalue weighted by Crippen LogP contribution is -2.37. The van der Waals surface area contributed by atoms with Gasteiger partial charge in [-0.25, -0.2) is 0 Å². The highest BCUT2D eigenvalue weighted by atomic mass is 15.1. The van der Waals surface area contributed by atoms with Gasteiger partial charge >= 0.3 is 0 Å². The van der Waals surface area contributed by atoms with Crippen LogP contribution in [0.5, 0.6) is 0 Å². The second-order valence-electron chi connectivity index (χ2n) is 4.78. The van der Waals surface area contributed by atoms with Crippen molar-refractivity contribution in [2.45, 2.75) is 33.2 Å². The molecule has 1 heterocycles. The van der Waals surface area contributed by atoms with Crippen LogP contribution >= 0.6 is 0 Å². The lowest BCUT2D eigenvalue weighted by Gasteiger charge is -2.29. The van der Waals surface area contributed by atoms with E-state index < -0.39 is 0 Å². The summed E-state index contributed by atoms with van der Waals surface area (Å²) in [5, 5.41) is 3.42. The molecule has 0 bridgehead atoms. The van der Waals surface area contributed by atoms with Crippen molar-refractivity contribution in [2.75, 3.05) is 26.7 Å². The molecule has 0 aromatic carbocycles. The molecule has 1 N–H and O–H groups in total. The minimum atomic E-state index is 0.709. The second kappa shape index (κ2) is 4.97. The van der Waals surface area contributed by atoms with Gasteiger partial charge in [0.05, 0.1) is 0 Å². The zero-order valence-corrected chi connectivity index (χ0v) is 9.51. The molecule has 1 saturated heterocycles. The van der Waals surface area contributed by atoms with Crippen LogP contribution in [0, 0.1) is 11.8 Å². The zero-order chi connectivity index (χ0) is 9.84. The van der Waals surface area contributed by atoms with E-state index in [1.54, 1.807) is 0 Å². The predicted octanol–water partition coefficient (Wildman–Crippen LogP) is 1.57. The van der Waals surface area contributed by atoms with Gasteiger partial charge in [0.2, 0.25) is 0 Å². The van der Waals surface area contributed by atoms with Gasteiger partial charge in [-0.15, -0.1) is 0 Å².